The van der Waals surface area contributed by atoms with E-state index in [-0.39, 0.29) is 18.8 Å². The van der Waals surface area contributed by atoms with E-state index in [0.29, 0.717) is 0 Å². The van der Waals surface area contributed by atoms with Crippen molar-refractivity contribution in [3.05, 3.63) is 22.5 Å². The van der Waals surface area contributed by atoms with Gasteiger partial charge in [0.05, 0.1) is 11.5 Å². The lowest BCUT2D eigenvalue weighted by molar-refractivity contribution is -0.385. The van der Waals surface area contributed by atoms with E-state index in [9.17, 15) is 19.7 Å². The average molecular weight is 227 g/mol. The van der Waals surface area contributed by atoms with Crippen LogP contribution in [-0.4, -0.2) is 33.1 Å². The van der Waals surface area contributed by atoms with E-state index in [1.54, 1.807) is 0 Å². The van der Waals surface area contributed by atoms with Gasteiger partial charge in [0.2, 0.25) is 11.8 Å². The lowest BCUT2D eigenvalue weighted by atomic mass is 10.5. The zero-order valence-corrected chi connectivity index (χ0v) is 8.12. The molecule has 0 atom stereocenters. The van der Waals surface area contributed by atoms with Gasteiger partial charge in [-0.15, -0.1) is 0 Å². The van der Waals surface area contributed by atoms with Crippen LogP contribution in [0.4, 0.5) is 5.69 Å². The van der Waals surface area contributed by atoms with Crippen LogP contribution < -0.4 is 11.1 Å². The first kappa shape index (κ1) is 11.6. The van der Waals surface area contributed by atoms with Gasteiger partial charge in [0.15, 0.2) is 0 Å². The Morgan fingerprint density at radius 1 is 1.62 bits per heavy atom. The number of hydrogen-bond donors (Lipinski definition) is 2. The van der Waals surface area contributed by atoms with Crippen LogP contribution >= 0.6 is 0 Å². The standard InChI is InChI=1S/C7H9N5O4/c8-6(13)2-9-7(14)4-11-3-5(1-10-11)12(15)16/h1,3H,2,4H2,(H2,8,13)(H,9,14). The fraction of sp³-hybridized carbons (Fsp3) is 0.286. The lowest BCUT2D eigenvalue weighted by Crippen LogP contribution is -2.35. The molecule has 0 fully saturated rings. The highest BCUT2D eigenvalue weighted by Gasteiger charge is 2.11. The summed E-state index contributed by atoms with van der Waals surface area (Å²) in [6, 6.07) is 0. The minimum Gasteiger partial charge on any atom is -0.368 e. The molecule has 1 heterocycles. The number of nitrogens with two attached hydrogens (primary N) is 1. The number of hydrogen-bond acceptors (Lipinski definition) is 5. The monoisotopic (exact) mass is 227 g/mol. The summed E-state index contributed by atoms with van der Waals surface area (Å²) in [5, 5.41) is 16.1. The second-order valence-corrected chi connectivity index (χ2v) is 2.90. The van der Waals surface area contributed by atoms with Gasteiger partial charge in [0.25, 0.3) is 0 Å². The minimum atomic E-state index is -0.667. The number of carbonyl (C=O) groups excluding carboxylic acids is 2. The number of nitrogens with zero attached hydrogens (tertiary/aromatic N) is 3. The maximum Gasteiger partial charge on any atom is 0.307 e. The van der Waals surface area contributed by atoms with Gasteiger partial charge in [-0.25, -0.2) is 0 Å². The lowest BCUT2D eigenvalue weighted by Gasteiger charge is -2.01. The van der Waals surface area contributed by atoms with Crippen LogP contribution in [0.5, 0.6) is 0 Å². The third kappa shape index (κ3) is 3.36. The number of amides is 2. The molecule has 0 bridgehead atoms. The van der Waals surface area contributed by atoms with E-state index in [2.05, 4.69) is 10.4 Å². The highest BCUT2D eigenvalue weighted by molar-refractivity contribution is 5.83. The summed E-state index contributed by atoms with van der Waals surface area (Å²) in [5.41, 5.74) is 4.61. The van der Waals surface area contributed by atoms with Gasteiger partial charge in [0.1, 0.15) is 18.9 Å². The Hall–Kier alpha value is -2.45. The molecule has 86 valence electrons. The van der Waals surface area contributed by atoms with Crippen LogP contribution in [0.3, 0.4) is 0 Å². The van der Waals surface area contributed by atoms with Crippen molar-refractivity contribution in [2.24, 2.45) is 5.73 Å². The van der Waals surface area contributed by atoms with E-state index in [4.69, 9.17) is 5.73 Å². The molecule has 0 spiro atoms. The Kier molecular flexibility index (Phi) is 3.53. The van der Waals surface area contributed by atoms with E-state index in [1.807, 2.05) is 0 Å². The van der Waals surface area contributed by atoms with Crippen molar-refractivity contribution in [2.75, 3.05) is 6.54 Å². The maximum absolute atomic E-state index is 11.1. The highest BCUT2D eigenvalue weighted by atomic mass is 16.6. The molecule has 0 aliphatic heterocycles. The second-order valence-electron chi connectivity index (χ2n) is 2.90. The predicted octanol–water partition coefficient (Wildman–Crippen LogP) is -1.61. The number of aromatic nitrogens is 2. The molecule has 0 aliphatic rings. The van der Waals surface area contributed by atoms with Crippen molar-refractivity contribution in [1.29, 1.82) is 0 Å². The van der Waals surface area contributed by atoms with Crippen molar-refractivity contribution >= 4 is 17.5 Å². The first-order valence-electron chi connectivity index (χ1n) is 4.21. The number of nitro groups is 1. The minimum absolute atomic E-state index is 0.206. The van der Waals surface area contributed by atoms with Gasteiger partial charge in [-0.1, -0.05) is 0 Å². The van der Waals surface area contributed by atoms with Crippen LogP contribution in [0.2, 0.25) is 0 Å². The van der Waals surface area contributed by atoms with E-state index in [0.717, 1.165) is 17.1 Å². The fourth-order valence-corrected chi connectivity index (χ4v) is 0.922. The zero-order valence-electron chi connectivity index (χ0n) is 8.12. The molecule has 1 aromatic rings. The molecule has 9 nitrogen and oxygen atoms in total. The van der Waals surface area contributed by atoms with Gasteiger partial charge in [-0.3, -0.25) is 24.4 Å². The van der Waals surface area contributed by atoms with Gasteiger partial charge in [0, 0.05) is 0 Å². The molecular formula is C7H9N5O4. The van der Waals surface area contributed by atoms with Crippen LogP contribution in [0.1, 0.15) is 0 Å². The Balaban J connectivity index is 2.49. The summed E-state index contributed by atoms with van der Waals surface area (Å²) in [7, 11) is 0. The molecule has 16 heavy (non-hydrogen) atoms. The molecule has 0 aromatic carbocycles. The van der Waals surface area contributed by atoms with Crippen molar-refractivity contribution in [2.45, 2.75) is 6.54 Å². The molecule has 3 N–H and O–H groups in total. The molecule has 1 rings (SSSR count). The van der Waals surface area contributed by atoms with Gasteiger partial charge in [-0.05, 0) is 0 Å². The molecule has 1 aromatic heterocycles. The van der Waals surface area contributed by atoms with Crippen molar-refractivity contribution in [3.8, 4) is 0 Å². The van der Waals surface area contributed by atoms with Gasteiger partial charge >= 0.3 is 5.69 Å². The Bertz CT molecular complexity index is 426. The van der Waals surface area contributed by atoms with E-state index >= 15 is 0 Å². The smallest absolute Gasteiger partial charge is 0.307 e. The van der Waals surface area contributed by atoms with Crippen molar-refractivity contribution in [1.82, 2.24) is 15.1 Å². The Morgan fingerprint density at radius 3 is 2.81 bits per heavy atom. The van der Waals surface area contributed by atoms with E-state index in [1.165, 1.54) is 0 Å². The molecular weight excluding hydrogens is 218 g/mol. The quantitative estimate of drug-likeness (QED) is 0.461. The number of nitrogens with one attached hydrogen (secondary N) is 1. The molecule has 0 aliphatic carbocycles. The topological polar surface area (TPSA) is 133 Å². The summed E-state index contributed by atoms with van der Waals surface area (Å²) < 4.78 is 1.09. The number of rotatable bonds is 5. The molecule has 0 saturated carbocycles. The second kappa shape index (κ2) is 4.87. The molecule has 0 saturated heterocycles. The third-order valence-electron chi connectivity index (χ3n) is 1.60. The normalized spacial score (nSPS) is 9.75. The Labute approximate surface area is 89.4 Å². The van der Waals surface area contributed by atoms with Crippen LogP contribution in [0.15, 0.2) is 12.4 Å². The van der Waals surface area contributed by atoms with Gasteiger partial charge < -0.3 is 11.1 Å². The first-order valence-corrected chi connectivity index (χ1v) is 4.21. The molecule has 0 unspecified atom stereocenters. The van der Waals surface area contributed by atoms with Crippen LogP contribution in [0.25, 0.3) is 0 Å². The summed E-state index contributed by atoms with van der Waals surface area (Å²) in [6.45, 7) is -0.483. The van der Waals surface area contributed by atoms with Crippen LogP contribution in [-0.2, 0) is 16.1 Å². The Morgan fingerprint density at radius 2 is 2.31 bits per heavy atom. The highest BCUT2D eigenvalue weighted by Crippen LogP contribution is 2.06. The van der Waals surface area contributed by atoms with Crippen molar-refractivity contribution < 1.29 is 14.5 Å². The number of primary amides is 1. The predicted molar refractivity (Wildman–Crippen MR) is 51.1 cm³/mol. The number of carbonyl (C=O) groups is 2. The maximum atomic E-state index is 11.1. The van der Waals surface area contributed by atoms with Crippen molar-refractivity contribution in [3.63, 3.8) is 0 Å². The molecule has 2 amide bonds. The summed E-state index contributed by atoms with van der Waals surface area (Å²) >= 11 is 0. The third-order valence-corrected chi connectivity index (χ3v) is 1.60. The van der Waals surface area contributed by atoms with E-state index < -0.39 is 16.7 Å². The van der Waals surface area contributed by atoms with Gasteiger partial charge in [-0.2, -0.15) is 5.10 Å². The zero-order chi connectivity index (χ0) is 12.1. The fourth-order valence-electron chi connectivity index (χ4n) is 0.922. The summed E-state index contributed by atoms with van der Waals surface area (Å²) in [6.07, 6.45) is 2.14. The SMILES string of the molecule is NC(=O)CNC(=O)Cn1cc([N+](=O)[O-])cn1. The molecule has 9 heteroatoms. The molecule has 0 radical (unpaired) electrons. The van der Waals surface area contributed by atoms with Crippen LogP contribution in [0, 0.1) is 10.1 Å². The summed E-state index contributed by atoms with van der Waals surface area (Å²) in [4.78, 5) is 31.2. The summed E-state index contributed by atoms with van der Waals surface area (Å²) in [5.74, 6) is -1.17. The first-order chi connectivity index (χ1) is 7.49. The largest absolute Gasteiger partial charge is 0.368 e. The average Bonchev–Trinajstić information content (AvgIpc) is 2.63.